The minimum Gasteiger partial charge on any atom is -0.343 e. The number of carbonyl (C=O) groups excluding carboxylic acids is 2. The third kappa shape index (κ3) is 3.34. The van der Waals surface area contributed by atoms with Gasteiger partial charge in [-0.25, -0.2) is 4.68 Å². The number of aromatic nitrogens is 2. The molecule has 6 nitrogen and oxygen atoms in total. The van der Waals surface area contributed by atoms with Gasteiger partial charge in [0.25, 0.3) is 5.91 Å². The van der Waals surface area contributed by atoms with Crippen LogP contribution in [0.25, 0.3) is 0 Å². The first kappa shape index (κ1) is 19.3. The van der Waals surface area contributed by atoms with E-state index >= 15 is 0 Å². The zero-order valence-electron chi connectivity index (χ0n) is 17.6. The molecule has 0 spiro atoms. The number of allylic oxidation sites excluding steroid dienone is 2. The molecule has 1 atom stereocenters. The van der Waals surface area contributed by atoms with E-state index in [0.717, 1.165) is 46.5 Å². The number of hydrogen-bond acceptors (Lipinski definition) is 4. The number of ketones is 1. The van der Waals surface area contributed by atoms with Gasteiger partial charge in [0.2, 0.25) is 0 Å². The first-order valence-electron chi connectivity index (χ1n) is 10.6. The van der Waals surface area contributed by atoms with Gasteiger partial charge in [0, 0.05) is 23.4 Å². The minimum absolute atomic E-state index is 0.145. The number of anilines is 2. The van der Waals surface area contributed by atoms with E-state index in [0.29, 0.717) is 17.8 Å². The molecule has 6 heteroatoms. The van der Waals surface area contributed by atoms with Crippen LogP contribution in [0.15, 0.2) is 66.0 Å². The van der Waals surface area contributed by atoms with E-state index < -0.39 is 0 Å². The van der Waals surface area contributed by atoms with Crippen LogP contribution in [-0.4, -0.2) is 21.5 Å². The van der Waals surface area contributed by atoms with Crippen LogP contribution in [0.3, 0.4) is 0 Å². The van der Waals surface area contributed by atoms with E-state index in [1.807, 2.05) is 62.4 Å². The van der Waals surface area contributed by atoms with Crippen molar-refractivity contribution in [3.05, 3.63) is 88.3 Å². The number of Topliss-reactive ketones (excluding diaryl/α,β-unsaturated/α-hetero) is 1. The van der Waals surface area contributed by atoms with Crippen LogP contribution in [0.5, 0.6) is 0 Å². The van der Waals surface area contributed by atoms with Crippen LogP contribution in [-0.2, 0) is 4.79 Å². The lowest BCUT2D eigenvalue weighted by Crippen LogP contribution is -2.32. The number of rotatable bonds is 3. The molecule has 0 saturated heterocycles. The van der Waals surface area contributed by atoms with Crippen molar-refractivity contribution in [3.8, 4) is 0 Å². The topological polar surface area (TPSA) is 76.0 Å². The third-order valence-electron chi connectivity index (χ3n) is 6.07. The van der Waals surface area contributed by atoms with Crippen molar-refractivity contribution in [1.82, 2.24) is 9.78 Å². The number of nitrogens with one attached hydrogen (secondary N) is 2. The fraction of sp³-hybridized carbons (Fsp3) is 0.240. The smallest absolute Gasteiger partial charge is 0.261 e. The molecule has 1 aliphatic heterocycles. The number of benzene rings is 2. The molecule has 31 heavy (non-hydrogen) atoms. The number of aryl methyl sites for hydroxylation is 2. The molecule has 1 aromatic heterocycles. The summed E-state index contributed by atoms with van der Waals surface area (Å²) < 4.78 is 1.78. The van der Waals surface area contributed by atoms with Crippen molar-refractivity contribution >= 4 is 23.2 Å². The van der Waals surface area contributed by atoms with Gasteiger partial charge in [-0.1, -0.05) is 48.0 Å². The highest BCUT2D eigenvalue weighted by Crippen LogP contribution is 2.41. The second-order valence-corrected chi connectivity index (χ2v) is 8.23. The summed E-state index contributed by atoms with van der Waals surface area (Å²) in [5.74, 6) is 0.549. The fourth-order valence-corrected chi connectivity index (χ4v) is 4.38. The number of para-hydroxylation sites is 1. The lowest BCUT2D eigenvalue weighted by Gasteiger charge is -2.33. The maximum absolute atomic E-state index is 13.1. The first-order valence-corrected chi connectivity index (χ1v) is 10.6. The quantitative estimate of drug-likeness (QED) is 0.649. The van der Waals surface area contributed by atoms with Crippen molar-refractivity contribution < 1.29 is 9.59 Å². The number of nitrogens with zero attached hydrogens (tertiary/aromatic N) is 2. The van der Waals surface area contributed by atoms with Crippen LogP contribution in [0.2, 0.25) is 0 Å². The number of hydrogen-bond donors (Lipinski definition) is 2. The Balaban J connectivity index is 1.58. The van der Waals surface area contributed by atoms with Gasteiger partial charge >= 0.3 is 0 Å². The normalized spacial score (nSPS) is 17.6. The highest BCUT2D eigenvalue weighted by atomic mass is 16.1. The molecule has 2 heterocycles. The van der Waals surface area contributed by atoms with Gasteiger partial charge < -0.3 is 10.6 Å². The highest BCUT2D eigenvalue weighted by Gasteiger charge is 2.37. The third-order valence-corrected chi connectivity index (χ3v) is 6.07. The second-order valence-electron chi connectivity index (χ2n) is 8.23. The highest BCUT2D eigenvalue weighted by molar-refractivity contribution is 6.08. The molecule has 0 bridgehead atoms. The van der Waals surface area contributed by atoms with Crippen LogP contribution < -0.4 is 10.6 Å². The Morgan fingerprint density at radius 2 is 1.87 bits per heavy atom. The van der Waals surface area contributed by atoms with E-state index in [4.69, 9.17) is 0 Å². The molecule has 1 amide bonds. The average molecular weight is 412 g/mol. The molecular formula is C25H24N4O2. The number of amides is 1. The first-order chi connectivity index (χ1) is 15.0. The Kier molecular flexibility index (Phi) is 4.70. The zero-order valence-corrected chi connectivity index (χ0v) is 17.6. The van der Waals surface area contributed by atoms with Gasteiger partial charge in [-0.2, -0.15) is 5.10 Å². The molecular weight excluding hydrogens is 388 g/mol. The van der Waals surface area contributed by atoms with Gasteiger partial charge in [0.1, 0.15) is 17.4 Å². The van der Waals surface area contributed by atoms with Crippen LogP contribution >= 0.6 is 0 Å². The molecule has 2 N–H and O–H groups in total. The summed E-state index contributed by atoms with van der Waals surface area (Å²) >= 11 is 0. The summed E-state index contributed by atoms with van der Waals surface area (Å²) in [5, 5.41) is 10.9. The van der Waals surface area contributed by atoms with Crippen molar-refractivity contribution in [2.75, 3.05) is 10.6 Å². The van der Waals surface area contributed by atoms with E-state index in [-0.39, 0.29) is 17.7 Å². The molecule has 2 aromatic carbocycles. The van der Waals surface area contributed by atoms with E-state index in [1.165, 1.54) is 0 Å². The summed E-state index contributed by atoms with van der Waals surface area (Å²) in [6.07, 6.45) is 3.72. The molecule has 2 aliphatic rings. The van der Waals surface area contributed by atoms with Crippen molar-refractivity contribution in [3.63, 3.8) is 0 Å². The molecule has 1 aliphatic carbocycles. The molecule has 5 rings (SSSR count). The Morgan fingerprint density at radius 3 is 2.65 bits per heavy atom. The molecule has 3 aromatic rings. The molecule has 0 saturated carbocycles. The van der Waals surface area contributed by atoms with Crippen molar-refractivity contribution in [2.24, 2.45) is 0 Å². The largest absolute Gasteiger partial charge is 0.343 e. The van der Waals surface area contributed by atoms with E-state index in [9.17, 15) is 9.59 Å². The van der Waals surface area contributed by atoms with E-state index in [1.54, 1.807) is 10.9 Å². The average Bonchev–Trinajstić information content (AvgIpc) is 3.18. The predicted molar refractivity (Wildman–Crippen MR) is 120 cm³/mol. The summed E-state index contributed by atoms with van der Waals surface area (Å²) in [4.78, 5) is 26.0. The summed E-state index contributed by atoms with van der Waals surface area (Å²) in [6, 6.07) is 15.5. The van der Waals surface area contributed by atoms with Crippen LogP contribution in [0.4, 0.5) is 11.5 Å². The standard InChI is InChI=1S/C25H24N4O2/c1-15-10-12-17(13-11-15)23-22-20(8-5-9-21(22)30)27-24-18(14-26-29(23)24)25(31)28-19-7-4-3-6-16(19)2/h3-4,6-7,10-14,23,27H,5,8-9H2,1-2H3,(H,28,31). The molecule has 0 fully saturated rings. The number of fused-ring (bicyclic) bond motifs is 1. The Bertz CT molecular complexity index is 1220. The lowest BCUT2D eigenvalue weighted by molar-refractivity contribution is -0.116. The number of carbonyl (C=O) groups is 2. The summed E-state index contributed by atoms with van der Waals surface area (Å²) in [7, 11) is 0. The molecule has 1 unspecified atom stereocenters. The van der Waals surface area contributed by atoms with Crippen molar-refractivity contribution in [1.29, 1.82) is 0 Å². The van der Waals surface area contributed by atoms with E-state index in [2.05, 4.69) is 15.7 Å². The van der Waals surface area contributed by atoms with Crippen LogP contribution in [0, 0.1) is 13.8 Å². The monoisotopic (exact) mass is 412 g/mol. The lowest BCUT2D eigenvalue weighted by atomic mass is 9.85. The van der Waals surface area contributed by atoms with Gasteiger partial charge in [-0.05, 0) is 43.9 Å². The van der Waals surface area contributed by atoms with Crippen LogP contribution in [0.1, 0.15) is 52.4 Å². The van der Waals surface area contributed by atoms with Gasteiger partial charge in [-0.3, -0.25) is 9.59 Å². The van der Waals surface area contributed by atoms with Crippen molar-refractivity contribution in [2.45, 2.75) is 39.2 Å². The Labute approximate surface area is 181 Å². The zero-order chi connectivity index (χ0) is 21.5. The molecule has 156 valence electrons. The minimum atomic E-state index is -0.334. The van der Waals surface area contributed by atoms with Gasteiger partial charge in [0.15, 0.2) is 5.78 Å². The molecule has 0 radical (unpaired) electrons. The van der Waals surface area contributed by atoms with Gasteiger partial charge in [-0.15, -0.1) is 0 Å². The Hall–Kier alpha value is -3.67. The summed E-state index contributed by atoms with van der Waals surface area (Å²) in [6.45, 7) is 4.00. The maximum Gasteiger partial charge on any atom is 0.261 e. The maximum atomic E-state index is 13.1. The van der Waals surface area contributed by atoms with Gasteiger partial charge in [0.05, 0.1) is 6.20 Å². The second kappa shape index (κ2) is 7.54. The summed E-state index contributed by atoms with van der Waals surface area (Å²) in [5.41, 5.74) is 6.03. The predicted octanol–water partition coefficient (Wildman–Crippen LogP) is 4.77. The SMILES string of the molecule is Cc1ccc(C2C3=C(CCCC3=O)Nc3c(C(=O)Nc4ccccc4C)cnn32)cc1. The fourth-order valence-electron chi connectivity index (χ4n) is 4.38. The Morgan fingerprint density at radius 1 is 1.10 bits per heavy atom.